The van der Waals surface area contributed by atoms with Gasteiger partial charge in [-0.15, -0.1) is 0 Å². The Morgan fingerprint density at radius 1 is 1.11 bits per heavy atom. The van der Waals surface area contributed by atoms with Crippen molar-refractivity contribution in [3.05, 3.63) is 64.6 Å². The number of hydrogen-bond donors (Lipinski definition) is 1. The molecule has 2 aromatic carbocycles. The van der Waals surface area contributed by atoms with Gasteiger partial charge in [0, 0.05) is 17.6 Å². The number of carbonyl (C=O) groups excluding carboxylic acids is 2. The number of hydrogen-bond acceptors (Lipinski definition) is 3. The number of carbonyl (C=O) groups is 2. The Hall–Kier alpha value is -2.34. The molecule has 0 aliphatic heterocycles. The van der Waals surface area contributed by atoms with Crippen LogP contribution in [0.3, 0.4) is 0 Å². The van der Waals surface area contributed by atoms with Gasteiger partial charge in [0.2, 0.25) is 5.91 Å². The van der Waals surface area contributed by atoms with Crippen molar-refractivity contribution >= 4 is 27.7 Å². The van der Waals surface area contributed by atoms with Gasteiger partial charge in [0.1, 0.15) is 11.8 Å². The largest absolute Gasteiger partial charge is 0.484 e. The second kappa shape index (κ2) is 11.5. The van der Waals surface area contributed by atoms with Gasteiger partial charge in [0.05, 0.1) is 0 Å². The molecule has 5 nitrogen and oxygen atoms in total. The molecule has 150 valence electrons. The third-order valence-electron chi connectivity index (χ3n) is 4.38. The Bertz CT molecular complexity index is 750. The molecule has 0 aliphatic carbocycles. The summed E-state index contributed by atoms with van der Waals surface area (Å²) < 4.78 is 6.56. The minimum atomic E-state index is -0.559. The summed E-state index contributed by atoms with van der Waals surface area (Å²) in [6, 6.07) is 16.7. The van der Waals surface area contributed by atoms with Crippen molar-refractivity contribution in [3.63, 3.8) is 0 Å². The molecule has 1 N–H and O–H groups in total. The lowest BCUT2D eigenvalue weighted by molar-refractivity contribution is -0.141. The van der Waals surface area contributed by atoms with E-state index < -0.39 is 6.04 Å². The first-order valence-electron chi connectivity index (χ1n) is 9.50. The molecule has 28 heavy (non-hydrogen) atoms. The molecule has 0 saturated carbocycles. The molecular formula is C22H27BrN2O3. The van der Waals surface area contributed by atoms with Gasteiger partial charge in [-0.05, 0) is 49.6 Å². The summed E-state index contributed by atoms with van der Waals surface area (Å²) in [5.41, 5.74) is 1.12. The first-order chi connectivity index (χ1) is 13.5. The lowest BCUT2D eigenvalue weighted by Gasteiger charge is -2.28. The van der Waals surface area contributed by atoms with Gasteiger partial charge in [-0.1, -0.05) is 53.2 Å². The van der Waals surface area contributed by atoms with Crippen LogP contribution in [0.4, 0.5) is 0 Å². The summed E-state index contributed by atoms with van der Waals surface area (Å²) in [5, 5.41) is 2.87. The second-order valence-corrected chi connectivity index (χ2v) is 7.45. The summed E-state index contributed by atoms with van der Waals surface area (Å²) in [6.45, 7) is 4.69. The average Bonchev–Trinajstić information content (AvgIpc) is 2.72. The molecule has 0 bridgehead atoms. The van der Waals surface area contributed by atoms with Crippen molar-refractivity contribution in [2.45, 2.75) is 32.7 Å². The highest BCUT2D eigenvalue weighted by atomic mass is 79.9. The van der Waals surface area contributed by atoms with Crippen LogP contribution in [0.2, 0.25) is 0 Å². The van der Waals surface area contributed by atoms with Gasteiger partial charge in [-0.25, -0.2) is 0 Å². The molecule has 0 heterocycles. The normalized spacial score (nSPS) is 11.5. The van der Waals surface area contributed by atoms with Gasteiger partial charge >= 0.3 is 0 Å². The fourth-order valence-electron chi connectivity index (χ4n) is 2.72. The average molecular weight is 447 g/mol. The Kier molecular flexibility index (Phi) is 9.01. The number of ether oxygens (including phenoxy) is 1. The van der Waals surface area contributed by atoms with Crippen LogP contribution in [0.25, 0.3) is 0 Å². The maximum atomic E-state index is 12.8. The summed E-state index contributed by atoms with van der Waals surface area (Å²) in [4.78, 5) is 26.9. The lowest BCUT2D eigenvalue weighted by atomic mass is 10.1. The Labute approximate surface area is 175 Å². The smallest absolute Gasteiger partial charge is 0.261 e. The van der Waals surface area contributed by atoms with E-state index in [-0.39, 0.29) is 18.4 Å². The zero-order valence-electron chi connectivity index (χ0n) is 16.4. The van der Waals surface area contributed by atoms with E-state index in [2.05, 4.69) is 21.2 Å². The molecule has 0 aromatic heterocycles. The molecule has 2 rings (SSSR count). The van der Waals surface area contributed by atoms with Crippen molar-refractivity contribution in [1.82, 2.24) is 10.2 Å². The molecule has 0 fully saturated rings. The number of nitrogens with one attached hydrogen (secondary N) is 1. The van der Waals surface area contributed by atoms with Gasteiger partial charge in [0.15, 0.2) is 6.61 Å². The van der Waals surface area contributed by atoms with Crippen molar-refractivity contribution < 1.29 is 14.3 Å². The lowest BCUT2D eigenvalue weighted by Crippen LogP contribution is -2.50. The molecule has 0 unspecified atom stereocenters. The highest BCUT2D eigenvalue weighted by Crippen LogP contribution is 2.16. The summed E-state index contributed by atoms with van der Waals surface area (Å²) in [6.07, 6.45) is 1.53. The van der Waals surface area contributed by atoms with E-state index >= 15 is 0 Å². The maximum Gasteiger partial charge on any atom is 0.261 e. The third-order valence-corrected chi connectivity index (χ3v) is 4.91. The van der Waals surface area contributed by atoms with Crippen LogP contribution in [0.1, 0.15) is 25.8 Å². The van der Waals surface area contributed by atoms with E-state index in [1.54, 1.807) is 24.0 Å². The van der Waals surface area contributed by atoms with Gasteiger partial charge in [0.25, 0.3) is 5.91 Å². The Morgan fingerprint density at radius 2 is 1.79 bits per heavy atom. The van der Waals surface area contributed by atoms with Crippen LogP contribution in [0, 0.1) is 0 Å². The zero-order valence-corrected chi connectivity index (χ0v) is 17.9. The predicted octanol–water partition coefficient (Wildman–Crippen LogP) is 3.81. The number of benzene rings is 2. The Balaban J connectivity index is 2.03. The van der Waals surface area contributed by atoms with Crippen LogP contribution in [-0.4, -0.2) is 42.5 Å². The number of amides is 2. The second-order valence-electron chi connectivity index (χ2n) is 6.53. The van der Waals surface area contributed by atoms with E-state index in [9.17, 15) is 9.59 Å². The number of halogens is 1. The van der Waals surface area contributed by atoms with E-state index in [1.165, 1.54) is 0 Å². The van der Waals surface area contributed by atoms with E-state index in [4.69, 9.17) is 4.74 Å². The monoisotopic (exact) mass is 446 g/mol. The van der Waals surface area contributed by atoms with Gasteiger partial charge in [-0.3, -0.25) is 9.59 Å². The minimum Gasteiger partial charge on any atom is -0.484 e. The molecule has 2 aromatic rings. The van der Waals surface area contributed by atoms with Gasteiger partial charge < -0.3 is 15.0 Å². The highest BCUT2D eigenvalue weighted by Gasteiger charge is 2.25. The summed E-state index contributed by atoms with van der Waals surface area (Å²) in [5.74, 6) is 0.257. The molecule has 1 atom stereocenters. The summed E-state index contributed by atoms with van der Waals surface area (Å²) in [7, 11) is 0. The number of nitrogens with zero attached hydrogens (tertiary/aromatic N) is 1. The SMILES string of the molecule is CCCNC(=O)[C@@H](C)N(CCc1ccccc1)C(=O)COc1ccc(Br)cc1. The summed E-state index contributed by atoms with van der Waals surface area (Å²) >= 11 is 3.37. The van der Waals surface area contributed by atoms with Gasteiger partial charge in [-0.2, -0.15) is 0 Å². The molecule has 0 aliphatic rings. The van der Waals surface area contributed by atoms with Crippen molar-refractivity contribution in [2.75, 3.05) is 19.7 Å². The zero-order chi connectivity index (χ0) is 20.4. The fraction of sp³-hybridized carbons (Fsp3) is 0.364. The third kappa shape index (κ3) is 7.00. The van der Waals surface area contributed by atoms with Crippen LogP contribution in [-0.2, 0) is 16.0 Å². The van der Waals surface area contributed by atoms with Crippen LogP contribution in [0.15, 0.2) is 59.1 Å². The van der Waals surface area contributed by atoms with Crippen LogP contribution >= 0.6 is 15.9 Å². The highest BCUT2D eigenvalue weighted by molar-refractivity contribution is 9.10. The Morgan fingerprint density at radius 3 is 2.43 bits per heavy atom. The number of rotatable bonds is 10. The topological polar surface area (TPSA) is 58.6 Å². The fourth-order valence-corrected chi connectivity index (χ4v) is 2.99. The van der Waals surface area contributed by atoms with Crippen molar-refractivity contribution in [1.29, 1.82) is 0 Å². The molecule has 6 heteroatoms. The van der Waals surface area contributed by atoms with Crippen LogP contribution < -0.4 is 10.1 Å². The minimum absolute atomic E-state index is 0.109. The molecule has 0 radical (unpaired) electrons. The molecule has 0 saturated heterocycles. The molecule has 0 spiro atoms. The van der Waals surface area contributed by atoms with Crippen molar-refractivity contribution in [2.24, 2.45) is 0 Å². The standard InChI is InChI=1S/C22H27BrN2O3/c1-3-14-24-22(27)17(2)25(15-13-18-7-5-4-6-8-18)21(26)16-28-20-11-9-19(23)10-12-20/h4-12,17H,3,13-16H2,1-2H3,(H,24,27)/t17-/m1/s1. The maximum absolute atomic E-state index is 12.8. The predicted molar refractivity (Wildman–Crippen MR) is 114 cm³/mol. The quantitative estimate of drug-likeness (QED) is 0.603. The first kappa shape index (κ1) is 22.0. The molecular weight excluding hydrogens is 420 g/mol. The van der Waals surface area contributed by atoms with E-state index in [0.717, 1.165) is 16.5 Å². The van der Waals surface area contributed by atoms with E-state index in [1.807, 2.05) is 49.4 Å². The molecule has 2 amide bonds. The first-order valence-corrected chi connectivity index (χ1v) is 10.3. The van der Waals surface area contributed by atoms with Crippen molar-refractivity contribution in [3.8, 4) is 5.75 Å². The van der Waals surface area contributed by atoms with Crippen LogP contribution in [0.5, 0.6) is 5.75 Å². The van der Waals surface area contributed by atoms with E-state index in [0.29, 0.717) is 25.3 Å².